The van der Waals surface area contributed by atoms with Crippen LogP contribution in [0.25, 0.3) is 32.0 Å². The summed E-state index contributed by atoms with van der Waals surface area (Å²) in [4.78, 5) is 17.4. The maximum atomic E-state index is 12.2. The number of hydrogen-bond donors (Lipinski definition) is 4. The van der Waals surface area contributed by atoms with E-state index >= 15 is 0 Å². The van der Waals surface area contributed by atoms with Crippen molar-refractivity contribution in [3.63, 3.8) is 0 Å². The first-order chi connectivity index (χ1) is 14.4. The van der Waals surface area contributed by atoms with Crippen LogP contribution in [0.15, 0.2) is 47.2 Å². The van der Waals surface area contributed by atoms with Crippen molar-refractivity contribution in [2.24, 2.45) is 5.73 Å². The van der Waals surface area contributed by atoms with Crippen molar-refractivity contribution in [2.45, 2.75) is 18.8 Å². The van der Waals surface area contributed by atoms with Crippen molar-refractivity contribution < 1.29 is 18.4 Å². The van der Waals surface area contributed by atoms with Crippen molar-refractivity contribution in [1.29, 1.82) is 0 Å². The molecule has 1 amide bonds. The van der Waals surface area contributed by atoms with Crippen LogP contribution in [0.4, 0.5) is 0 Å². The highest BCUT2D eigenvalue weighted by Gasteiger charge is 2.27. The Morgan fingerprint density at radius 3 is 2.67 bits per heavy atom. The first-order valence-electron chi connectivity index (χ1n) is 9.61. The molecule has 1 saturated heterocycles. The standard InChI is InChI=1S/C21H21N3O4S2/c22-21(25)15-10-13(18-1-2-19(29-18)17-3-6-24-28-17)9-14-16(11-23-20(14)15)12-4-7-30(26,27)8-5-12/h1-3,6,9-12,23,26-27H,4-5,7-8H2,(H2,22,25). The summed E-state index contributed by atoms with van der Waals surface area (Å²) in [5, 5.41) is 4.72. The molecule has 0 atom stereocenters. The van der Waals surface area contributed by atoms with E-state index in [0.29, 0.717) is 35.7 Å². The molecule has 1 aromatic carbocycles. The third-order valence-electron chi connectivity index (χ3n) is 5.68. The molecule has 9 heteroatoms. The van der Waals surface area contributed by atoms with Gasteiger partial charge in [0.2, 0.25) is 0 Å². The number of amides is 1. The lowest BCUT2D eigenvalue weighted by molar-refractivity contribution is 0.100. The second kappa shape index (κ2) is 7.28. The average Bonchev–Trinajstić information content (AvgIpc) is 3.46. The molecule has 1 fully saturated rings. The third-order valence-corrected chi connectivity index (χ3v) is 8.61. The topological polar surface area (TPSA) is 125 Å². The lowest BCUT2D eigenvalue weighted by atomic mass is 9.91. The van der Waals surface area contributed by atoms with Gasteiger partial charge < -0.3 is 15.2 Å². The molecule has 1 aliphatic rings. The van der Waals surface area contributed by atoms with Crippen LogP contribution in [0.5, 0.6) is 0 Å². The van der Waals surface area contributed by atoms with E-state index in [1.54, 1.807) is 17.5 Å². The number of benzene rings is 1. The Morgan fingerprint density at radius 1 is 1.20 bits per heavy atom. The number of nitrogens with zero attached hydrogens (tertiary/aromatic N) is 1. The highest BCUT2D eigenvalue weighted by molar-refractivity contribution is 8.24. The SMILES string of the molecule is NC(=O)c1cc(-c2ccc(-c3ccno3)s2)cc2c(C3CCS(O)(O)CC3)c[nH]c12. The minimum absolute atomic E-state index is 0.211. The molecule has 4 aromatic rings. The highest BCUT2D eigenvalue weighted by atomic mass is 32.3. The van der Waals surface area contributed by atoms with Gasteiger partial charge in [-0.25, -0.2) is 0 Å². The third kappa shape index (κ3) is 3.43. The van der Waals surface area contributed by atoms with Crippen molar-refractivity contribution in [3.8, 4) is 21.1 Å². The highest BCUT2D eigenvalue weighted by Crippen LogP contribution is 2.49. The number of aromatic amines is 1. The molecule has 5 rings (SSSR count). The van der Waals surface area contributed by atoms with E-state index in [2.05, 4.69) is 16.2 Å². The fourth-order valence-electron chi connectivity index (χ4n) is 4.12. The molecule has 7 nitrogen and oxygen atoms in total. The molecule has 0 bridgehead atoms. The number of hydrogen-bond acceptors (Lipinski definition) is 6. The smallest absolute Gasteiger partial charge is 0.250 e. The fourth-order valence-corrected chi connectivity index (χ4v) is 6.59. The summed E-state index contributed by atoms with van der Waals surface area (Å²) in [5.41, 5.74) is 8.87. The minimum atomic E-state index is -2.45. The largest absolute Gasteiger partial charge is 0.366 e. The lowest BCUT2D eigenvalue weighted by Gasteiger charge is -2.39. The van der Waals surface area contributed by atoms with Crippen LogP contribution in [0.1, 0.15) is 34.7 Å². The second-order valence-corrected chi connectivity index (χ2v) is 11.1. The normalized spacial score (nSPS) is 17.9. The number of nitrogens with two attached hydrogens (primary N) is 1. The predicted molar refractivity (Wildman–Crippen MR) is 120 cm³/mol. The molecular formula is C21H21N3O4S2. The number of thiophene rings is 1. The Morgan fingerprint density at radius 2 is 1.97 bits per heavy atom. The second-order valence-electron chi connectivity index (χ2n) is 7.58. The minimum Gasteiger partial charge on any atom is -0.366 e. The molecule has 4 heterocycles. The van der Waals surface area contributed by atoms with Crippen LogP contribution >= 0.6 is 21.9 Å². The number of fused-ring (bicyclic) bond motifs is 1. The van der Waals surface area contributed by atoms with Crippen molar-refractivity contribution in [2.75, 3.05) is 11.5 Å². The van der Waals surface area contributed by atoms with Gasteiger partial charge in [0.05, 0.1) is 22.2 Å². The van der Waals surface area contributed by atoms with Crippen molar-refractivity contribution in [1.82, 2.24) is 10.1 Å². The number of carbonyl (C=O) groups excluding carboxylic acids is 1. The number of nitrogens with one attached hydrogen (secondary N) is 1. The van der Waals surface area contributed by atoms with Crippen molar-refractivity contribution in [3.05, 3.63) is 53.9 Å². The van der Waals surface area contributed by atoms with Gasteiger partial charge in [-0.2, -0.15) is 10.6 Å². The maximum absolute atomic E-state index is 12.2. The molecule has 3 aromatic heterocycles. The van der Waals surface area contributed by atoms with Crippen LogP contribution < -0.4 is 5.73 Å². The number of rotatable bonds is 4. The average molecular weight is 444 g/mol. The monoisotopic (exact) mass is 443 g/mol. The summed E-state index contributed by atoms with van der Waals surface area (Å²) in [6, 6.07) is 9.68. The van der Waals surface area contributed by atoms with E-state index in [0.717, 1.165) is 31.8 Å². The summed E-state index contributed by atoms with van der Waals surface area (Å²) in [7, 11) is -2.45. The molecule has 0 radical (unpaired) electrons. The lowest BCUT2D eigenvalue weighted by Crippen LogP contribution is -2.19. The predicted octanol–water partition coefficient (Wildman–Crippen LogP) is 5.28. The van der Waals surface area contributed by atoms with Gasteiger partial charge in [0.25, 0.3) is 5.91 Å². The van der Waals surface area contributed by atoms with E-state index in [9.17, 15) is 13.9 Å². The van der Waals surface area contributed by atoms with Gasteiger partial charge in [0.1, 0.15) is 0 Å². The Labute approximate surface area is 178 Å². The van der Waals surface area contributed by atoms with E-state index in [1.165, 1.54) is 0 Å². The molecule has 0 spiro atoms. The van der Waals surface area contributed by atoms with Gasteiger partial charge in [-0.3, -0.25) is 13.9 Å². The molecule has 156 valence electrons. The van der Waals surface area contributed by atoms with Gasteiger partial charge in [-0.15, -0.1) is 11.3 Å². The summed E-state index contributed by atoms with van der Waals surface area (Å²) in [6.45, 7) is 0. The molecule has 0 aliphatic carbocycles. The van der Waals surface area contributed by atoms with E-state index in [4.69, 9.17) is 10.3 Å². The maximum Gasteiger partial charge on any atom is 0.250 e. The zero-order valence-electron chi connectivity index (χ0n) is 16.0. The first-order valence-corrected chi connectivity index (χ1v) is 12.3. The summed E-state index contributed by atoms with van der Waals surface area (Å²) in [5.74, 6) is 1.25. The van der Waals surface area contributed by atoms with E-state index in [1.807, 2.05) is 30.5 Å². The van der Waals surface area contributed by atoms with E-state index < -0.39 is 16.5 Å². The summed E-state index contributed by atoms with van der Waals surface area (Å²) in [6.07, 6.45) is 4.95. The van der Waals surface area contributed by atoms with Gasteiger partial charge >= 0.3 is 0 Å². The molecule has 0 unspecified atom stereocenters. The van der Waals surface area contributed by atoms with Gasteiger partial charge in [0, 0.05) is 34.0 Å². The van der Waals surface area contributed by atoms with Crippen molar-refractivity contribution >= 4 is 38.7 Å². The zero-order chi connectivity index (χ0) is 20.9. The van der Waals surface area contributed by atoms with Gasteiger partial charge in [-0.1, -0.05) is 5.16 Å². The molecule has 0 saturated carbocycles. The Kier molecular flexibility index (Phi) is 4.70. The van der Waals surface area contributed by atoms with Crippen LogP contribution in [0.3, 0.4) is 0 Å². The first kappa shape index (κ1) is 19.4. The van der Waals surface area contributed by atoms with E-state index in [-0.39, 0.29) is 5.92 Å². The molecular weight excluding hydrogens is 422 g/mol. The Hall–Kier alpha value is -2.59. The molecule has 1 aliphatic heterocycles. The summed E-state index contributed by atoms with van der Waals surface area (Å²) < 4.78 is 25.2. The Balaban J connectivity index is 1.59. The quantitative estimate of drug-likeness (QED) is 0.341. The van der Waals surface area contributed by atoms with Gasteiger partial charge in [-0.05, 0) is 54.2 Å². The van der Waals surface area contributed by atoms with Crippen LogP contribution in [0, 0.1) is 0 Å². The number of primary amides is 1. The number of carbonyl (C=O) groups is 1. The zero-order valence-corrected chi connectivity index (χ0v) is 17.6. The number of H-pyrrole nitrogens is 1. The molecule has 30 heavy (non-hydrogen) atoms. The summed E-state index contributed by atoms with van der Waals surface area (Å²) >= 11 is 1.56. The fraction of sp³-hybridized carbons (Fsp3) is 0.238. The van der Waals surface area contributed by atoms with Crippen LogP contribution in [-0.4, -0.2) is 36.7 Å². The molecule has 5 N–H and O–H groups in total. The van der Waals surface area contributed by atoms with Crippen LogP contribution in [0.2, 0.25) is 0 Å². The van der Waals surface area contributed by atoms with Gasteiger partial charge in [0.15, 0.2) is 5.76 Å². The number of aromatic nitrogens is 2. The Bertz CT molecular complexity index is 1220. The van der Waals surface area contributed by atoms with Crippen LogP contribution in [-0.2, 0) is 0 Å².